The van der Waals surface area contributed by atoms with Crippen molar-refractivity contribution >= 4 is 0 Å². The fourth-order valence-electron chi connectivity index (χ4n) is 5.38. The molecular formula is C64H125F21. The SMILES string of the molecule is CC(C)(C)C.CC(C)(C)C(F)(F)F.CC(C)C(C)(F)C(C)C.CC1CCC(F)(F)CC1.CCC(C)(C)CC(F)(F)F.CCC(C)(F)CC.CCC(C)C(F)(F)F.CCCC(C(F)(F)F)C(F)(F)F.CCCC(C)(F)CCC.CC[C@](C)(F)C(C)C. The molecule has 0 saturated heterocycles. The first-order valence-corrected chi connectivity index (χ1v) is 30.4. The molecule has 0 heterocycles. The molecule has 0 aromatic rings. The summed E-state index contributed by atoms with van der Waals surface area (Å²) in [6, 6.07) is 0. The molecular weight excluding hydrogens is 1170 g/mol. The fraction of sp³-hybridized carbons (Fsp3) is 1.00. The zero-order valence-corrected chi connectivity index (χ0v) is 58.2. The van der Waals surface area contributed by atoms with Gasteiger partial charge in [-0.3, -0.25) is 0 Å². The zero-order chi connectivity index (χ0) is 71.3. The average molecular weight is 1290 g/mol. The van der Waals surface area contributed by atoms with Crippen LogP contribution in [0.2, 0.25) is 0 Å². The van der Waals surface area contributed by atoms with Crippen molar-refractivity contribution in [2.75, 3.05) is 0 Å². The van der Waals surface area contributed by atoms with Crippen molar-refractivity contribution in [3.8, 4) is 0 Å². The van der Waals surface area contributed by atoms with Crippen molar-refractivity contribution in [1.29, 1.82) is 0 Å². The molecule has 2 atom stereocenters. The third kappa shape index (κ3) is 71.5. The highest BCUT2D eigenvalue weighted by atomic mass is 19.4. The van der Waals surface area contributed by atoms with Gasteiger partial charge in [-0.1, -0.05) is 199 Å². The number of halogens is 21. The fourth-order valence-corrected chi connectivity index (χ4v) is 5.38. The highest BCUT2D eigenvalue weighted by molar-refractivity contribution is 4.80. The van der Waals surface area contributed by atoms with Gasteiger partial charge in [0.15, 0.2) is 5.92 Å². The minimum Gasteiger partial charge on any atom is -0.244 e. The summed E-state index contributed by atoms with van der Waals surface area (Å²) in [6.45, 7) is 51.0. The molecule has 21 heteroatoms. The molecule has 85 heavy (non-hydrogen) atoms. The third-order valence-electron chi connectivity index (χ3n) is 14.2. The summed E-state index contributed by atoms with van der Waals surface area (Å²) in [4.78, 5) is 0. The molecule has 1 aliphatic rings. The van der Waals surface area contributed by atoms with E-state index in [0.717, 1.165) is 33.6 Å². The van der Waals surface area contributed by atoms with Crippen LogP contribution in [0.25, 0.3) is 0 Å². The van der Waals surface area contributed by atoms with E-state index in [1.54, 1.807) is 48.5 Å². The maximum atomic E-state index is 13.3. The lowest BCUT2D eigenvalue weighted by atomic mass is 9.84. The highest BCUT2D eigenvalue weighted by Gasteiger charge is 2.55. The molecule has 0 spiro atoms. The molecule has 1 unspecified atom stereocenters. The van der Waals surface area contributed by atoms with Gasteiger partial charge in [0, 0.05) is 19.3 Å². The molecule has 0 aromatic heterocycles. The smallest absolute Gasteiger partial charge is 0.244 e. The first-order chi connectivity index (χ1) is 36.9. The van der Waals surface area contributed by atoms with Crippen molar-refractivity contribution < 1.29 is 92.2 Å². The van der Waals surface area contributed by atoms with Crippen molar-refractivity contribution in [2.45, 2.75) is 363 Å². The molecule has 1 fully saturated rings. The highest BCUT2D eigenvalue weighted by Crippen LogP contribution is 2.42. The van der Waals surface area contributed by atoms with Crippen LogP contribution in [0, 0.1) is 51.8 Å². The molecule has 528 valence electrons. The molecule has 1 saturated carbocycles. The molecule has 0 nitrogen and oxygen atoms in total. The number of hydrogen-bond acceptors (Lipinski definition) is 0. The van der Waals surface area contributed by atoms with E-state index >= 15 is 0 Å². The topological polar surface area (TPSA) is 0 Å². The first kappa shape index (κ1) is 102. The van der Waals surface area contributed by atoms with Gasteiger partial charge in [-0.15, -0.1) is 0 Å². The van der Waals surface area contributed by atoms with Crippen molar-refractivity contribution in [2.24, 2.45) is 51.8 Å². The predicted octanol–water partition coefficient (Wildman–Crippen LogP) is 28.6. The largest absolute Gasteiger partial charge is 0.400 e. The van der Waals surface area contributed by atoms with E-state index in [0.29, 0.717) is 62.7 Å². The second-order valence-electron chi connectivity index (χ2n) is 27.7. The van der Waals surface area contributed by atoms with Crippen LogP contribution in [0.1, 0.15) is 304 Å². The summed E-state index contributed by atoms with van der Waals surface area (Å²) >= 11 is 0. The normalized spacial score (nSPS) is 15.6. The summed E-state index contributed by atoms with van der Waals surface area (Å²) in [7, 11) is 0. The van der Waals surface area contributed by atoms with Gasteiger partial charge in [-0.2, -0.15) is 65.9 Å². The molecule has 1 aliphatic carbocycles. The summed E-state index contributed by atoms with van der Waals surface area (Å²) in [5.74, 6) is -5.75. The molecule has 0 aliphatic heterocycles. The second kappa shape index (κ2) is 44.9. The maximum absolute atomic E-state index is 13.3. The monoisotopic (exact) mass is 1290 g/mol. The average Bonchev–Trinajstić information content (AvgIpc) is 3.27. The predicted molar refractivity (Wildman–Crippen MR) is 317 cm³/mol. The van der Waals surface area contributed by atoms with Gasteiger partial charge in [0.2, 0.25) is 5.92 Å². The van der Waals surface area contributed by atoms with Crippen LogP contribution in [0.3, 0.4) is 0 Å². The summed E-state index contributed by atoms with van der Waals surface area (Å²) in [5, 5.41) is 0. The van der Waals surface area contributed by atoms with Crippen LogP contribution < -0.4 is 0 Å². The lowest BCUT2D eigenvalue weighted by Crippen LogP contribution is -2.36. The summed E-state index contributed by atoms with van der Waals surface area (Å²) in [5.41, 5.74) is -5.44. The second-order valence-corrected chi connectivity index (χ2v) is 27.7. The van der Waals surface area contributed by atoms with Gasteiger partial charge in [-0.05, 0) is 120 Å². The Morgan fingerprint density at radius 2 is 0.729 bits per heavy atom. The van der Waals surface area contributed by atoms with Crippen molar-refractivity contribution in [3.05, 3.63) is 0 Å². The Hall–Kier alpha value is -1.47. The standard InChI is InChI=1S/2C8H17F.C7H13F3.C7H12F2.C7H15F.C6H8F6.C6H13F.2C5H9F3.C5H12/c1-6(2)8(5,9)7(3)4;1-4-6-8(3,9)7-5-2;1-4-6(2,3)5-7(8,9)10;1-6-2-4-7(8,9)5-3-6;1-5-7(4,8)6(2)3;1-2-3-4(5(7,8)9)6(10,11)12;1-4-6(3,7)5-2;1-4(2,3)5(6,7)8;1-3-4(2)5(6,7)8;1-5(2,3)4/h6-7H,1-5H3;4-7H2,1-3H3;4-5H2,1-3H3;6H,2-5H2,1H3;6H,5H2,1-4H3;4H,2-3H2,1H3;4-5H2,1-3H3;1-3H3;4H,3H2,1-2H3;1-4H3/t;;;;7-;;;;;/m....0...../s1. The Labute approximate surface area is 505 Å². The zero-order valence-electron chi connectivity index (χ0n) is 58.2. The summed E-state index contributed by atoms with van der Waals surface area (Å²) < 4.78 is 251. The molecule has 1 rings (SSSR count). The minimum atomic E-state index is -5.17. The van der Waals surface area contributed by atoms with Gasteiger partial charge >= 0.3 is 30.9 Å². The van der Waals surface area contributed by atoms with Gasteiger partial charge in [0.05, 0.1) is 11.3 Å². The molecule has 0 N–H and O–H groups in total. The van der Waals surface area contributed by atoms with Gasteiger partial charge < -0.3 is 0 Å². The molecule has 0 aromatic carbocycles. The molecule has 0 amide bonds. The van der Waals surface area contributed by atoms with Crippen LogP contribution in [-0.4, -0.2) is 59.5 Å². The van der Waals surface area contributed by atoms with E-state index in [-0.39, 0.29) is 43.4 Å². The maximum Gasteiger partial charge on any atom is 0.400 e. The van der Waals surface area contributed by atoms with Gasteiger partial charge in [-0.25, -0.2) is 26.3 Å². The van der Waals surface area contributed by atoms with E-state index in [1.807, 2.05) is 83.1 Å². The van der Waals surface area contributed by atoms with E-state index in [9.17, 15) is 92.2 Å². The van der Waals surface area contributed by atoms with E-state index < -0.39 is 95.0 Å². The van der Waals surface area contributed by atoms with Crippen LogP contribution in [0.4, 0.5) is 92.2 Å². The Kier molecular flexibility index (Phi) is 54.1. The van der Waals surface area contributed by atoms with Crippen LogP contribution in [-0.2, 0) is 0 Å². The Bertz CT molecular complexity index is 1430. The lowest BCUT2D eigenvalue weighted by molar-refractivity contribution is -0.285. The van der Waals surface area contributed by atoms with E-state index in [2.05, 4.69) is 27.7 Å². The number of rotatable bonds is 15. The van der Waals surface area contributed by atoms with E-state index in [4.69, 9.17) is 0 Å². The Morgan fingerprint density at radius 3 is 0.812 bits per heavy atom. The van der Waals surface area contributed by atoms with Crippen LogP contribution in [0.5, 0.6) is 0 Å². The molecule has 0 radical (unpaired) electrons. The van der Waals surface area contributed by atoms with Crippen molar-refractivity contribution in [1.82, 2.24) is 0 Å². The van der Waals surface area contributed by atoms with Crippen LogP contribution in [0.15, 0.2) is 0 Å². The Balaban J connectivity index is -0.000000108. The minimum absolute atomic E-state index is 0.105. The van der Waals surface area contributed by atoms with Gasteiger partial charge in [0.25, 0.3) is 0 Å². The number of alkyl halides is 21. The van der Waals surface area contributed by atoms with Crippen molar-refractivity contribution in [3.63, 3.8) is 0 Å². The quantitative estimate of drug-likeness (QED) is 0.143. The Morgan fingerprint density at radius 1 is 0.424 bits per heavy atom. The van der Waals surface area contributed by atoms with E-state index in [1.165, 1.54) is 20.8 Å². The first-order valence-electron chi connectivity index (χ1n) is 30.4. The third-order valence-corrected chi connectivity index (χ3v) is 14.2. The van der Waals surface area contributed by atoms with Crippen LogP contribution >= 0.6 is 0 Å². The lowest BCUT2D eigenvalue weighted by Gasteiger charge is -2.28. The number of hydrogen-bond donors (Lipinski definition) is 0. The summed E-state index contributed by atoms with van der Waals surface area (Å²) in [6.07, 6.45) is -16.6. The van der Waals surface area contributed by atoms with Gasteiger partial charge in [0.1, 0.15) is 22.7 Å². The molecule has 0 bridgehead atoms.